The topological polar surface area (TPSA) is 38.3 Å². The molecular weight excluding hydrogens is 262 g/mol. The number of carbonyl (C=O) groups excluding carboxylic acids is 1. The lowest BCUT2D eigenvalue weighted by Gasteiger charge is -2.08. The number of amides is 1. The number of nitrogens with one attached hydrogen (secondary N) is 1. The van der Waals surface area contributed by atoms with E-state index in [-0.39, 0.29) is 5.91 Å². The molecule has 0 saturated carbocycles. The van der Waals surface area contributed by atoms with E-state index in [1.165, 1.54) is 0 Å². The molecule has 0 aliphatic carbocycles. The van der Waals surface area contributed by atoms with E-state index in [1.807, 2.05) is 24.3 Å². The minimum absolute atomic E-state index is 0.124. The summed E-state index contributed by atoms with van der Waals surface area (Å²) in [5.74, 6) is 1.54. The summed E-state index contributed by atoms with van der Waals surface area (Å²) in [6, 6.07) is 12.2. The van der Waals surface area contributed by atoms with Crippen LogP contribution in [0.5, 0.6) is 5.75 Å². The van der Waals surface area contributed by atoms with E-state index in [1.54, 1.807) is 7.11 Å². The zero-order valence-corrected chi connectivity index (χ0v) is 13.0. The average Bonchev–Trinajstić information content (AvgIpc) is 2.50. The second-order valence-corrected chi connectivity index (χ2v) is 5.76. The molecule has 0 unspecified atom stereocenters. The summed E-state index contributed by atoms with van der Waals surface area (Å²) < 4.78 is 5.22. The molecule has 0 aliphatic heterocycles. The first-order valence-corrected chi connectivity index (χ1v) is 7.42. The molecule has 0 spiro atoms. The van der Waals surface area contributed by atoms with Crippen molar-refractivity contribution in [2.75, 3.05) is 7.11 Å². The highest BCUT2D eigenvalue weighted by Gasteiger charge is 2.04. The predicted molar refractivity (Wildman–Crippen MR) is 86.4 cm³/mol. The zero-order valence-electron chi connectivity index (χ0n) is 13.0. The number of hydrogen-bond donors (Lipinski definition) is 1. The van der Waals surface area contributed by atoms with Gasteiger partial charge in [-0.1, -0.05) is 32.0 Å². The van der Waals surface area contributed by atoms with Crippen molar-refractivity contribution >= 4 is 16.7 Å². The van der Waals surface area contributed by atoms with Crippen LogP contribution in [0.1, 0.15) is 32.3 Å². The van der Waals surface area contributed by atoms with Crippen molar-refractivity contribution in [2.24, 2.45) is 5.92 Å². The highest BCUT2D eigenvalue weighted by molar-refractivity contribution is 5.84. The highest BCUT2D eigenvalue weighted by Crippen LogP contribution is 2.21. The van der Waals surface area contributed by atoms with Crippen LogP contribution in [0, 0.1) is 5.92 Å². The van der Waals surface area contributed by atoms with Crippen LogP contribution < -0.4 is 10.1 Å². The van der Waals surface area contributed by atoms with Crippen molar-refractivity contribution in [2.45, 2.75) is 33.2 Å². The summed E-state index contributed by atoms with van der Waals surface area (Å²) in [5, 5.41) is 5.28. The largest absolute Gasteiger partial charge is 0.497 e. The average molecular weight is 285 g/mol. The Kier molecular flexibility index (Phi) is 5.20. The van der Waals surface area contributed by atoms with Gasteiger partial charge in [-0.05, 0) is 46.9 Å². The van der Waals surface area contributed by atoms with E-state index in [0.29, 0.717) is 18.9 Å². The molecule has 2 aromatic rings. The molecule has 3 nitrogen and oxygen atoms in total. The molecule has 0 radical (unpaired) electrons. The van der Waals surface area contributed by atoms with Gasteiger partial charge in [-0.2, -0.15) is 0 Å². The molecule has 2 rings (SSSR count). The van der Waals surface area contributed by atoms with Crippen LogP contribution in [0.4, 0.5) is 0 Å². The van der Waals surface area contributed by atoms with Gasteiger partial charge in [0, 0.05) is 13.0 Å². The van der Waals surface area contributed by atoms with Crippen LogP contribution in [0.2, 0.25) is 0 Å². The van der Waals surface area contributed by atoms with E-state index in [0.717, 1.165) is 28.5 Å². The number of carbonyl (C=O) groups is 1. The molecule has 112 valence electrons. The monoisotopic (exact) mass is 285 g/mol. The molecule has 0 aromatic heterocycles. The fourth-order valence-electron chi connectivity index (χ4n) is 2.22. The summed E-state index contributed by atoms with van der Waals surface area (Å²) >= 11 is 0. The van der Waals surface area contributed by atoms with Crippen LogP contribution >= 0.6 is 0 Å². The second kappa shape index (κ2) is 7.11. The Bertz CT molecular complexity index is 620. The Morgan fingerprint density at radius 1 is 1.14 bits per heavy atom. The number of ether oxygens (including phenoxy) is 1. The van der Waals surface area contributed by atoms with Gasteiger partial charge in [0.15, 0.2) is 0 Å². The number of methoxy groups -OCH3 is 1. The Balaban J connectivity index is 1.98. The maximum atomic E-state index is 11.7. The standard InChI is InChI=1S/C18H23NO2/c1-13(2)4-9-18(20)19-12-14-5-6-16-11-17(21-3)8-7-15(16)10-14/h5-8,10-11,13H,4,9,12H2,1-3H3,(H,19,20). The Labute approximate surface area is 126 Å². The summed E-state index contributed by atoms with van der Waals surface area (Å²) in [5.41, 5.74) is 1.12. The quantitative estimate of drug-likeness (QED) is 0.874. The fourth-order valence-corrected chi connectivity index (χ4v) is 2.22. The first-order valence-electron chi connectivity index (χ1n) is 7.42. The third-order valence-electron chi connectivity index (χ3n) is 3.55. The van der Waals surface area contributed by atoms with Gasteiger partial charge in [0.1, 0.15) is 5.75 Å². The van der Waals surface area contributed by atoms with Crippen molar-refractivity contribution < 1.29 is 9.53 Å². The zero-order chi connectivity index (χ0) is 15.2. The predicted octanol–water partition coefficient (Wildman–Crippen LogP) is 3.90. The Morgan fingerprint density at radius 3 is 2.57 bits per heavy atom. The summed E-state index contributed by atoms with van der Waals surface area (Å²) in [6.07, 6.45) is 1.53. The maximum Gasteiger partial charge on any atom is 0.220 e. The molecule has 1 amide bonds. The maximum absolute atomic E-state index is 11.7. The summed E-state index contributed by atoms with van der Waals surface area (Å²) in [7, 11) is 1.67. The molecule has 0 bridgehead atoms. The molecule has 0 saturated heterocycles. The molecule has 0 atom stereocenters. The van der Waals surface area contributed by atoms with E-state index < -0.39 is 0 Å². The van der Waals surface area contributed by atoms with Gasteiger partial charge >= 0.3 is 0 Å². The van der Waals surface area contributed by atoms with Gasteiger partial charge in [-0.25, -0.2) is 0 Å². The van der Waals surface area contributed by atoms with Crippen molar-refractivity contribution in [3.05, 3.63) is 42.0 Å². The lowest BCUT2D eigenvalue weighted by Crippen LogP contribution is -2.22. The van der Waals surface area contributed by atoms with Crippen molar-refractivity contribution in [3.8, 4) is 5.75 Å². The molecule has 0 fully saturated rings. The van der Waals surface area contributed by atoms with Gasteiger partial charge in [-0.3, -0.25) is 4.79 Å². The van der Waals surface area contributed by atoms with Crippen molar-refractivity contribution in [1.29, 1.82) is 0 Å². The van der Waals surface area contributed by atoms with Crippen molar-refractivity contribution in [3.63, 3.8) is 0 Å². The number of benzene rings is 2. The van der Waals surface area contributed by atoms with Gasteiger partial charge in [0.2, 0.25) is 5.91 Å². The second-order valence-electron chi connectivity index (χ2n) is 5.76. The van der Waals surface area contributed by atoms with Crippen LogP contribution in [0.15, 0.2) is 36.4 Å². The van der Waals surface area contributed by atoms with Gasteiger partial charge < -0.3 is 10.1 Å². The summed E-state index contributed by atoms with van der Waals surface area (Å²) in [4.78, 5) is 11.7. The van der Waals surface area contributed by atoms with Crippen LogP contribution in [0.25, 0.3) is 10.8 Å². The smallest absolute Gasteiger partial charge is 0.220 e. The highest BCUT2D eigenvalue weighted by atomic mass is 16.5. The fraction of sp³-hybridized carbons (Fsp3) is 0.389. The molecule has 0 heterocycles. The summed E-state index contributed by atoms with van der Waals surface area (Å²) in [6.45, 7) is 4.84. The number of fused-ring (bicyclic) bond motifs is 1. The minimum Gasteiger partial charge on any atom is -0.497 e. The van der Waals surface area contributed by atoms with Crippen molar-refractivity contribution in [1.82, 2.24) is 5.32 Å². The number of rotatable bonds is 6. The lowest BCUT2D eigenvalue weighted by molar-refractivity contribution is -0.121. The van der Waals surface area contributed by atoms with Gasteiger partial charge in [-0.15, -0.1) is 0 Å². The van der Waals surface area contributed by atoms with E-state index in [2.05, 4.69) is 31.3 Å². The van der Waals surface area contributed by atoms with Crippen LogP contribution in [0.3, 0.4) is 0 Å². The molecule has 21 heavy (non-hydrogen) atoms. The third kappa shape index (κ3) is 4.48. The SMILES string of the molecule is COc1ccc2cc(CNC(=O)CCC(C)C)ccc2c1. The molecular formula is C18H23NO2. The van der Waals surface area contributed by atoms with Crippen LogP contribution in [-0.4, -0.2) is 13.0 Å². The first-order chi connectivity index (χ1) is 10.1. The number of hydrogen-bond acceptors (Lipinski definition) is 2. The van der Waals surface area contributed by atoms with Gasteiger partial charge in [0.25, 0.3) is 0 Å². The van der Waals surface area contributed by atoms with Gasteiger partial charge in [0.05, 0.1) is 7.11 Å². The normalized spacial score (nSPS) is 10.9. The minimum atomic E-state index is 0.124. The molecule has 1 N–H and O–H groups in total. The molecule has 0 aliphatic rings. The lowest BCUT2D eigenvalue weighted by atomic mass is 10.1. The third-order valence-corrected chi connectivity index (χ3v) is 3.55. The Hall–Kier alpha value is -2.03. The van der Waals surface area contributed by atoms with E-state index >= 15 is 0 Å². The molecule has 3 heteroatoms. The van der Waals surface area contributed by atoms with Crippen LogP contribution in [-0.2, 0) is 11.3 Å². The molecule has 2 aromatic carbocycles. The van der Waals surface area contributed by atoms with E-state index in [9.17, 15) is 4.79 Å². The Morgan fingerprint density at radius 2 is 1.86 bits per heavy atom. The first kappa shape index (κ1) is 15.4. The van der Waals surface area contributed by atoms with E-state index in [4.69, 9.17) is 4.74 Å².